The fourth-order valence-corrected chi connectivity index (χ4v) is 3.53. The molecule has 2 aromatic rings. The molecular weight excluding hydrogens is 413 g/mol. The van der Waals surface area contributed by atoms with Gasteiger partial charge in [0.25, 0.3) is 0 Å². The summed E-state index contributed by atoms with van der Waals surface area (Å²) in [6.07, 6.45) is -0.362. The first-order valence-electron chi connectivity index (χ1n) is 10.6. The molecule has 0 aromatic heterocycles. The van der Waals surface area contributed by atoms with Crippen LogP contribution in [0.3, 0.4) is 0 Å². The summed E-state index contributed by atoms with van der Waals surface area (Å²) in [5, 5.41) is 0.653. The van der Waals surface area contributed by atoms with Crippen molar-refractivity contribution in [2.24, 2.45) is 0 Å². The van der Waals surface area contributed by atoms with Crippen LogP contribution in [0.1, 0.15) is 51.3 Å². The van der Waals surface area contributed by atoms with Gasteiger partial charge in [-0.15, -0.1) is 0 Å². The van der Waals surface area contributed by atoms with Crippen molar-refractivity contribution in [2.75, 3.05) is 6.54 Å². The Balaban J connectivity index is 1.75. The molecule has 0 N–H and O–H groups in total. The maximum Gasteiger partial charge on any atom is 0.495 e. The van der Waals surface area contributed by atoms with Crippen LogP contribution in [-0.2, 0) is 27.2 Å². The van der Waals surface area contributed by atoms with Crippen molar-refractivity contribution >= 4 is 30.3 Å². The molecule has 1 aliphatic heterocycles. The minimum atomic E-state index is -0.482. The average Bonchev–Trinajstić information content (AvgIpc) is 2.92. The summed E-state index contributed by atoms with van der Waals surface area (Å²) in [7, 11) is -0.482. The largest absolute Gasteiger partial charge is 0.495 e. The van der Waals surface area contributed by atoms with Crippen LogP contribution in [-0.4, -0.2) is 35.9 Å². The summed E-state index contributed by atoms with van der Waals surface area (Å²) in [5.74, 6) is 0. The first kappa shape index (κ1) is 23.6. The number of carbonyl (C=O) groups excluding carboxylic acids is 1. The molecule has 166 valence electrons. The molecule has 0 aliphatic carbocycles. The van der Waals surface area contributed by atoms with Crippen LogP contribution >= 0.6 is 11.6 Å². The molecule has 0 bridgehead atoms. The highest BCUT2D eigenvalue weighted by Crippen LogP contribution is 2.36. The summed E-state index contributed by atoms with van der Waals surface area (Å²) in [6.45, 7) is 13.2. The number of hydrogen-bond acceptors (Lipinski definition) is 4. The van der Waals surface area contributed by atoms with Gasteiger partial charge in [0.15, 0.2) is 0 Å². The van der Waals surface area contributed by atoms with Gasteiger partial charge in [0.05, 0.1) is 11.2 Å². The third-order valence-electron chi connectivity index (χ3n) is 6.08. The SMILES string of the molecule is CCN(Cc1cc(C)ccc1B1OC(C)(C)C(C)(C)O1)C(=O)OCc1ccc(Cl)cc1. The van der Waals surface area contributed by atoms with Gasteiger partial charge < -0.3 is 18.9 Å². The van der Waals surface area contributed by atoms with Crippen molar-refractivity contribution in [2.45, 2.75) is 65.9 Å². The Morgan fingerprint density at radius 1 is 1.06 bits per heavy atom. The predicted octanol–water partition coefficient (Wildman–Crippen LogP) is 5.11. The van der Waals surface area contributed by atoms with E-state index in [0.717, 1.165) is 22.2 Å². The fourth-order valence-electron chi connectivity index (χ4n) is 3.40. The molecule has 0 spiro atoms. The van der Waals surface area contributed by atoms with Crippen molar-refractivity contribution in [3.63, 3.8) is 0 Å². The minimum Gasteiger partial charge on any atom is -0.445 e. The molecule has 1 fully saturated rings. The van der Waals surface area contributed by atoms with Gasteiger partial charge in [-0.25, -0.2) is 4.79 Å². The second-order valence-corrected chi connectivity index (χ2v) is 9.42. The topological polar surface area (TPSA) is 48.0 Å². The van der Waals surface area contributed by atoms with E-state index < -0.39 is 18.3 Å². The lowest BCUT2D eigenvalue weighted by Crippen LogP contribution is -2.41. The van der Waals surface area contributed by atoms with E-state index in [0.29, 0.717) is 18.1 Å². The van der Waals surface area contributed by atoms with E-state index in [1.165, 1.54) is 0 Å². The van der Waals surface area contributed by atoms with Crippen molar-refractivity contribution in [1.82, 2.24) is 4.90 Å². The van der Waals surface area contributed by atoms with E-state index in [9.17, 15) is 4.79 Å². The first-order chi connectivity index (χ1) is 14.5. The molecule has 0 atom stereocenters. The van der Waals surface area contributed by atoms with Crippen LogP contribution in [0, 0.1) is 6.92 Å². The Hall–Kier alpha value is -2.02. The zero-order valence-electron chi connectivity index (χ0n) is 19.2. The predicted molar refractivity (Wildman–Crippen MR) is 125 cm³/mol. The lowest BCUT2D eigenvalue weighted by molar-refractivity contribution is 0.00578. The monoisotopic (exact) mass is 443 g/mol. The fraction of sp³-hybridized carbons (Fsp3) is 0.458. The Morgan fingerprint density at radius 3 is 2.26 bits per heavy atom. The molecule has 1 amide bonds. The number of nitrogens with zero attached hydrogens (tertiary/aromatic N) is 1. The second kappa shape index (κ2) is 9.23. The molecule has 2 aromatic carbocycles. The first-order valence-corrected chi connectivity index (χ1v) is 11.0. The van der Waals surface area contributed by atoms with Gasteiger partial charge >= 0.3 is 13.2 Å². The molecule has 31 heavy (non-hydrogen) atoms. The van der Waals surface area contributed by atoms with Crippen LogP contribution in [0.4, 0.5) is 4.79 Å². The van der Waals surface area contributed by atoms with Gasteiger partial charge in [0, 0.05) is 18.1 Å². The normalized spacial score (nSPS) is 16.9. The smallest absolute Gasteiger partial charge is 0.445 e. The molecular formula is C24H31BClNO4. The third-order valence-corrected chi connectivity index (χ3v) is 6.33. The Kier molecular flexibility index (Phi) is 7.04. The zero-order valence-corrected chi connectivity index (χ0v) is 20.0. The summed E-state index contributed by atoms with van der Waals surface area (Å²) in [5.41, 5.74) is 3.07. The second-order valence-electron chi connectivity index (χ2n) is 8.99. The summed E-state index contributed by atoms with van der Waals surface area (Å²) in [6, 6.07) is 13.4. The molecule has 0 radical (unpaired) electrons. The van der Waals surface area contributed by atoms with E-state index in [4.69, 9.17) is 25.6 Å². The number of ether oxygens (including phenoxy) is 1. The van der Waals surface area contributed by atoms with Crippen LogP contribution < -0.4 is 5.46 Å². The lowest BCUT2D eigenvalue weighted by atomic mass is 9.75. The molecule has 1 heterocycles. The molecule has 0 unspecified atom stereocenters. The molecule has 0 saturated carbocycles. The molecule has 1 aliphatic rings. The number of benzene rings is 2. The summed E-state index contributed by atoms with van der Waals surface area (Å²) < 4.78 is 18.0. The average molecular weight is 444 g/mol. The van der Waals surface area contributed by atoms with Crippen LogP contribution in [0.25, 0.3) is 0 Å². The van der Waals surface area contributed by atoms with E-state index in [1.54, 1.807) is 17.0 Å². The number of rotatable bonds is 6. The number of halogens is 1. The molecule has 7 heteroatoms. The van der Waals surface area contributed by atoms with Gasteiger partial charge in [-0.2, -0.15) is 0 Å². The Morgan fingerprint density at radius 2 is 1.68 bits per heavy atom. The number of carbonyl (C=O) groups is 1. The molecule has 3 rings (SSSR count). The highest BCUT2D eigenvalue weighted by atomic mass is 35.5. The Bertz CT molecular complexity index is 914. The quantitative estimate of drug-likeness (QED) is 0.582. The standard InChI is InChI=1S/C24H31BClNO4/c1-7-27(22(28)29-16-18-9-11-20(26)12-10-18)15-19-14-17(2)8-13-21(19)25-30-23(3,4)24(5,6)31-25/h8-14H,7,15-16H2,1-6H3. The van der Waals surface area contributed by atoms with E-state index in [-0.39, 0.29) is 12.7 Å². The van der Waals surface area contributed by atoms with Gasteiger partial charge in [-0.1, -0.05) is 47.5 Å². The summed E-state index contributed by atoms with van der Waals surface area (Å²) >= 11 is 5.92. The van der Waals surface area contributed by atoms with Crippen molar-refractivity contribution in [3.8, 4) is 0 Å². The zero-order chi connectivity index (χ0) is 22.8. The van der Waals surface area contributed by atoms with Crippen LogP contribution in [0.5, 0.6) is 0 Å². The van der Waals surface area contributed by atoms with E-state index in [2.05, 4.69) is 6.07 Å². The van der Waals surface area contributed by atoms with Crippen LogP contribution in [0.15, 0.2) is 42.5 Å². The van der Waals surface area contributed by atoms with E-state index in [1.807, 2.05) is 65.8 Å². The van der Waals surface area contributed by atoms with Crippen LogP contribution in [0.2, 0.25) is 5.02 Å². The van der Waals surface area contributed by atoms with Gasteiger partial charge in [0.2, 0.25) is 0 Å². The van der Waals surface area contributed by atoms with Crippen molar-refractivity contribution in [1.29, 1.82) is 0 Å². The molecule has 1 saturated heterocycles. The summed E-state index contributed by atoms with van der Waals surface area (Å²) in [4.78, 5) is 14.4. The maximum absolute atomic E-state index is 12.8. The molecule has 5 nitrogen and oxygen atoms in total. The van der Waals surface area contributed by atoms with E-state index >= 15 is 0 Å². The number of hydrogen-bond donors (Lipinski definition) is 0. The maximum atomic E-state index is 12.8. The minimum absolute atomic E-state index is 0.199. The van der Waals surface area contributed by atoms with Gasteiger partial charge in [-0.05, 0) is 70.3 Å². The third kappa shape index (κ3) is 5.43. The highest BCUT2D eigenvalue weighted by Gasteiger charge is 2.52. The van der Waals surface area contributed by atoms with Gasteiger partial charge in [-0.3, -0.25) is 0 Å². The van der Waals surface area contributed by atoms with Gasteiger partial charge in [0.1, 0.15) is 6.61 Å². The Labute approximate surface area is 190 Å². The lowest BCUT2D eigenvalue weighted by Gasteiger charge is -2.32. The number of amides is 1. The van der Waals surface area contributed by atoms with Crippen molar-refractivity contribution in [3.05, 3.63) is 64.2 Å². The highest BCUT2D eigenvalue weighted by molar-refractivity contribution is 6.62. The number of aryl methyl sites for hydroxylation is 1. The van der Waals surface area contributed by atoms with Crippen molar-refractivity contribution < 1.29 is 18.8 Å².